The van der Waals surface area contributed by atoms with Crippen molar-refractivity contribution in [2.45, 2.75) is 12.5 Å². The molecular weight excluding hydrogens is 241 g/mol. The maximum absolute atomic E-state index is 13.0. The standard InChI is InChI=1S/C12H13ClFN3/c1-17-5-4-16-12(17)11(15)7-8-2-3-10(14)9(13)6-8/h2-6,11H,7,15H2,1H3. The quantitative estimate of drug-likeness (QED) is 0.913. The zero-order chi connectivity index (χ0) is 12.4. The summed E-state index contributed by atoms with van der Waals surface area (Å²) in [6, 6.07) is 4.41. The van der Waals surface area contributed by atoms with Crippen molar-refractivity contribution in [3.63, 3.8) is 0 Å². The molecule has 2 N–H and O–H groups in total. The molecule has 1 heterocycles. The molecule has 0 amide bonds. The van der Waals surface area contributed by atoms with Gasteiger partial charge in [-0.25, -0.2) is 9.37 Å². The van der Waals surface area contributed by atoms with Crippen LogP contribution in [0.1, 0.15) is 17.4 Å². The molecule has 1 aromatic heterocycles. The Balaban J connectivity index is 2.16. The summed E-state index contributed by atoms with van der Waals surface area (Å²) in [4.78, 5) is 4.18. The first kappa shape index (κ1) is 12.1. The van der Waals surface area contributed by atoms with Crippen LogP contribution in [-0.4, -0.2) is 9.55 Å². The lowest BCUT2D eigenvalue weighted by molar-refractivity contribution is 0.618. The number of aromatic nitrogens is 2. The fourth-order valence-electron chi connectivity index (χ4n) is 1.75. The Labute approximate surface area is 104 Å². The summed E-state index contributed by atoms with van der Waals surface area (Å²) < 4.78 is 14.9. The molecule has 1 unspecified atom stereocenters. The number of rotatable bonds is 3. The first-order chi connectivity index (χ1) is 8.08. The van der Waals surface area contributed by atoms with Crippen molar-refractivity contribution in [3.8, 4) is 0 Å². The first-order valence-corrected chi connectivity index (χ1v) is 5.62. The Morgan fingerprint density at radius 3 is 2.88 bits per heavy atom. The molecule has 1 aromatic carbocycles. The van der Waals surface area contributed by atoms with Gasteiger partial charge in [0.2, 0.25) is 0 Å². The van der Waals surface area contributed by atoms with Gasteiger partial charge in [-0.1, -0.05) is 17.7 Å². The van der Waals surface area contributed by atoms with Crippen molar-refractivity contribution in [2.75, 3.05) is 0 Å². The smallest absolute Gasteiger partial charge is 0.141 e. The summed E-state index contributed by atoms with van der Waals surface area (Å²) in [5.41, 5.74) is 6.94. The largest absolute Gasteiger partial charge is 0.337 e. The van der Waals surface area contributed by atoms with E-state index in [0.717, 1.165) is 11.4 Å². The van der Waals surface area contributed by atoms with Gasteiger partial charge in [0.15, 0.2) is 0 Å². The fourth-order valence-corrected chi connectivity index (χ4v) is 1.95. The third kappa shape index (κ3) is 2.65. The van der Waals surface area contributed by atoms with E-state index in [1.54, 1.807) is 18.3 Å². The zero-order valence-electron chi connectivity index (χ0n) is 9.40. The first-order valence-electron chi connectivity index (χ1n) is 5.24. The van der Waals surface area contributed by atoms with Gasteiger partial charge in [-0.15, -0.1) is 0 Å². The predicted molar refractivity (Wildman–Crippen MR) is 65.3 cm³/mol. The van der Waals surface area contributed by atoms with Gasteiger partial charge in [-0.05, 0) is 24.1 Å². The third-order valence-electron chi connectivity index (χ3n) is 2.63. The Morgan fingerprint density at radius 2 is 2.29 bits per heavy atom. The van der Waals surface area contributed by atoms with E-state index in [2.05, 4.69) is 4.98 Å². The SMILES string of the molecule is Cn1ccnc1C(N)Cc1ccc(F)c(Cl)c1. The highest BCUT2D eigenvalue weighted by Gasteiger charge is 2.12. The van der Waals surface area contributed by atoms with Gasteiger partial charge in [-0.2, -0.15) is 0 Å². The van der Waals surface area contributed by atoms with Gasteiger partial charge in [0.1, 0.15) is 11.6 Å². The lowest BCUT2D eigenvalue weighted by Crippen LogP contribution is -2.17. The number of nitrogens with two attached hydrogens (primary N) is 1. The third-order valence-corrected chi connectivity index (χ3v) is 2.92. The van der Waals surface area contributed by atoms with Crippen LogP contribution >= 0.6 is 11.6 Å². The van der Waals surface area contributed by atoms with Crippen molar-refractivity contribution < 1.29 is 4.39 Å². The highest BCUT2D eigenvalue weighted by Crippen LogP contribution is 2.20. The van der Waals surface area contributed by atoms with Crippen LogP contribution in [0.4, 0.5) is 4.39 Å². The van der Waals surface area contributed by atoms with E-state index in [1.807, 2.05) is 17.8 Å². The molecule has 5 heteroatoms. The molecule has 0 saturated carbocycles. The molecule has 2 aromatic rings. The van der Waals surface area contributed by atoms with Gasteiger partial charge in [-0.3, -0.25) is 0 Å². The second-order valence-corrected chi connectivity index (χ2v) is 4.36. The monoisotopic (exact) mass is 253 g/mol. The molecule has 0 aliphatic carbocycles. The molecule has 0 spiro atoms. The van der Waals surface area contributed by atoms with E-state index < -0.39 is 5.82 Å². The Hall–Kier alpha value is -1.39. The Morgan fingerprint density at radius 1 is 1.53 bits per heavy atom. The molecule has 17 heavy (non-hydrogen) atoms. The molecule has 3 nitrogen and oxygen atoms in total. The summed E-state index contributed by atoms with van der Waals surface area (Å²) >= 11 is 5.72. The lowest BCUT2D eigenvalue weighted by atomic mass is 10.1. The number of aryl methyl sites for hydroxylation is 1. The van der Waals surface area contributed by atoms with E-state index in [4.69, 9.17) is 17.3 Å². The lowest BCUT2D eigenvalue weighted by Gasteiger charge is -2.11. The van der Waals surface area contributed by atoms with Gasteiger partial charge < -0.3 is 10.3 Å². The van der Waals surface area contributed by atoms with Crippen LogP contribution < -0.4 is 5.73 Å². The summed E-state index contributed by atoms with van der Waals surface area (Å²) in [6.45, 7) is 0. The molecule has 0 fully saturated rings. The molecule has 0 aliphatic heterocycles. The van der Waals surface area contributed by atoms with E-state index in [1.165, 1.54) is 6.07 Å². The summed E-state index contributed by atoms with van der Waals surface area (Å²) in [5.74, 6) is 0.381. The minimum absolute atomic E-state index is 0.120. The molecule has 1 atom stereocenters. The summed E-state index contributed by atoms with van der Waals surface area (Å²) in [6.07, 6.45) is 4.12. The summed E-state index contributed by atoms with van der Waals surface area (Å²) in [5, 5.41) is 0.120. The highest BCUT2D eigenvalue weighted by atomic mass is 35.5. The predicted octanol–water partition coefficient (Wildman–Crippen LogP) is 2.46. The van der Waals surface area contributed by atoms with E-state index in [-0.39, 0.29) is 11.1 Å². The van der Waals surface area contributed by atoms with E-state index in [9.17, 15) is 4.39 Å². The fraction of sp³-hybridized carbons (Fsp3) is 0.250. The number of hydrogen-bond donors (Lipinski definition) is 1. The van der Waals surface area contributed by atoms with Crippen molar-refractivity contribution in [1.82, 2.24) is 9.55 Å². The van der Waals surface area contributed by atoms with Crippen molar-refractivity contribution in [1.29, 1.82) is 0 Å². The molecule has 0 bridgehead atoms. The minimum atomic E-state index is -0.416. The van der Waals surface area contributed by atoms with Crippen molar-refractivity contribution in [2.24, 2.45) is 12.8 Å². The van der Waals surface area contributed by atoms with Crippen LogP contribution in [0.3, 0.4) is 0 Å². The Kier molecular flexibility index (Phi) is 3.45. The molecule has 0 radical (unpaired) electrons. The Bertz CT molecular complexity index is 524. The van der Waals surface area contributed by atoms with Gasteiger partial charge in [0, 0.05) is 19.4 Å². The molecule has 0 aliphatic rings. The number of benzene rings is 1. The molecular formula is C12H13ClFN3. The van der Waals surface area contributed by atoms with Crippen LogP contribution in [0, 0.1) is 5.82 Å². The second kappa shape index (κ2) is 4.85. The van der Waals surface area contributed by atoms with Gasteiger partial charge in [0.05, 0.1) is 11.1 Å². The van der Waals surface area contributed by atoms with E-state index in [0.29, 0.717) is 6.42 Å². The number of imidazole rings is 1. The molecule has 0 saturated heterocycles. The van der Waals surface area contributed by atoms with Crippen LogP contribution in [0.5, 0.6) is 0 Å². The van der Waals surface area contributed by atoms with Gasteiger partial charge >= 0.3 is 0 Å². The van der Waals surface area contributed by atoms with Crippen molar-refractivity contribution >= 4 is 11.6 Å². The van der Waals surface area contributed by atoms with E-state index >= 15 is 0 Å². The normalized spacial score (nSPS) is 12.7. The topological polar surface area (TPSA) is 43.8 Å². The van der Waals surface area contributed by atoms with Crippen LogP contribution in [0.15, 0.2) is 30.6 Å². The zero-order valence-corrected chi connectivity index (χ0v) is 10.2. The maximum atomic E-state index is 13.0. The minimum Gasteiger partial charge on any atom is -0.337 e. The van der Waals surface area contributed by atoms with Crippen LogP contribution in [-0.2, 0) is 13.5 Å². The number of hydrogen-bond acceptors (Lipinski definition) is 2. The van der Waals surface area contributed by atoms with Crippen LogP contribution in [0.2, 0.25) is 5.02 Å². The average Bonchev–Trinajstić information content (AvgIpc) is 2.70. The van der Waals surface area contributed by atoms with Crippen molar-refractivity contribution in [3.05, 3.63) is 52.8 Å². The molecule has 2 rings (SSSR count). The number of nitrogens with zero attached hydrogens (tertiary/aromatic N) is 2. The van der Waals surface area contributed by atoms with Crippen LogP contribution in [0.25, 0.3) is 0 Å². The van der Waals surface area contributed by atoms with Gasteiger partial charge in [0.25, 0.3) is 0 Å². The highest BCUT2D eigenvalue weighted by molar-refractivity contribution is 6.30. The molecule has 90 valence electrons. The average molecular weight is 254 g/mol. The maximum Gasteiger partial charge on any atom is 0.141 e. The second-order valence-electron chi connectivity index (χ2n) is 3.96. The number of halogens is 2. The summed E-state index contributed by atoms with van der Waals surface area (Å²) in [7, 11) is 1.89.